The van der Waals surface area contributed by atoms with Crippen LogP contribution in [0.5, 0.6) is 0 Å². The number of likely N-dealkylation sites (N-methyl/N-ethyl adjacent to an activating group) is 1. The van der Waals surface area contributed by atoms with Crippen molar-refractivity contribution in [3.05, 3.63) is 64.1 Å². The second-order valence-corrected chi connectivity index (χ2v) is 6.87. The van der Waals surface area contributed by atoms with Crippen LogP contribution < -0.4 is 5.32 Å². The smallest absolute Gasteiger partial charge is 0.0199 e. The van der Waals surface area contributed by atoms with Crippen molar-refractivity contribution in [1.82, 2.24) is 5.32 Å². The van der Waals surface area contributed by atoms with Gasteiger partial charge in [-0.2, -0.15) is 0 Å². The molecule has 106 valence electrons. The Bertz CT molecular complexity index is 539. The van der Waals surface area contributed by atoms with Gasteiger partial charge in [-0.3, -0.25) is 0 Å². The van der Waals surface area contributed by atoms with Gasteiger partial charge in [0, 0.05) is 21.2 Å². The molecule has 0 saturated carbocycles. The Morgan fingerprint density at radius 1 is 1.10 bits per heavy atom. The Kier molecular flexibility index (Phi) is 6.14. The van der Waals surface area contributed by atoms with Gasteiger partial charge in [0.1, 0.15) is 0 Å². The van der Waals surface area contributed by atoms with E-state index in [0.717, 1.165) is 16.6 Å². The van der Waals surface area contributed by atoms with Crippen molar-refractivity contribution in [1.29, 1.82) is 0 Å². The zero-order valence-electron chi connectivity index (χ0n) is 11.9. The van der Waals surface area contributed by atoms with Crippen LogP contribution in [0.25, 0.3) is 0 Å². The monoisotopic (exact) mass is 349 g/mol. The normalized spacial score (nSPS) is 12.3. The highest BCUT2D eigenvalue weighted by Gasteiger charge is 2.09. The molecule has 0 spiro atoms. The van der Waals surface area contributed by atoms with Gasteiger partial charge in [-0.25, -0.2) is 0 Å². The second-order valence-electron chi connectivity index (χ2n) is 4.89. The molecule has 0 heterocycles. The molecule has 2 aromatic carbocycles. The molecule has 20 heavy (non-hydrogen) atoms. The fraction of sp³-hybridized carbons (Fsp3) is 0.294. The molecule has 1 N–H and O–H groups in total. The van der Waals surface area contributed by atoms with Crippen molar-refractivity contribution in [2.75, 3.05) is 12.8 Å². The van der Waals surface area contributed by atoms with Gasteiger partial charge in [-0.1, -0.05) is 46.3 Å². The summed E-state index contributed by atoms with van der Waals surface area (Å²) in [5, 5.41) is 3.42. The first-order valence-corrected chi connectivity index (χ1v) is 8.57. The minimum absolute atomic E-state index is 0.487. The number of hydrogen-bond acceptors (Lipinski definition) is 2. The zero-order valence-corrected chi connectivity index (χ0v) is 14.3. The fourth-order valence-corrected chi connectivity index (χ4v) is 3.46. The first-order valence-electron chi connectivity index (χ1n) is 6.79. The summed E-state index contributed by atoms with van der Waals surface area (Å²) in [6.45, 7) is 2.17. The van der Waals surface area contributed by atoms with Crippen LogP contribution in [0.4, 0.5) is 0 Å². The summed E-state index contributed by atoms with van der Waals surface area (Å²) in [5.41, 5.74) is 2.73. The molecule has 2 aromatic rings. The minimum atomic E-state index is 0.487. The van der Waals surface area contributed by atoms with Gasteiger partial charge < -0.3 is 5.32 Å². The third-order valence-electron chi connectivity index (χ3n) is 3.34. The van der Waals surface area contributed by atoms with E-state index in [9.17, 15) is 0 Å². The predicted molar refractivity (Wildman–Crippen MR) is 92.6 cm³/mol. The number of hydrogen-bond donors (Lipinski definition) is 1. The molecule has 1 atom stereocenters. The van der Waals surface area contributed by atoms with Crippen LogP contribution in [0.2, 0.25) is 0 Å². The molecule has 3 heteroatoms. The third-order valence-corrected chi connectivity index (χ3v) is 5.20. The van der Waals surface area contributed by atoms with E-state index >= 15 is 0 Å². The second kappa shape index (κ2) is 7.87. The van der Waals surface area contributed by atoms with Gasteiger partial charge in [0.2, 0.25) is 0 Å². The Morgan fingerprint density at radius 2 is 1.80 bits per heavy atom. The summed E-state index contributed by atoms with van der Waals surface area (Å²) < 4.78 is 1.14. The third kappa shape index (κ3) is 4.65. The fourth-order valence-electron chi connectivity index (χ4n) is 2.06. The lowest BCUT2D eigenvalue weighted by atomic mass is 10.1. The summed E-state index contributed by atoms with van der Waals surface area (Å²) in [5.74, 6) is 1.08. The van der Waals surface area contributed by atoms with E-state index < -0.39 is 0 Å². The molecule has 0 amide bonds. The molecule has 0 aromatic heterocycles. The van der Waals surface area contributed by atoms with Crippen LogP contribution in [-0.4, -0.2) is 18.8 Å². The lowest BCUT2D eigenvalue weighted by Crippen LogP contribution is -2.30. The van der Waals surface area contributed by atoms with Gasteiger partial charge in [0.05, 0.1) is 0 Å². The largest absolute Gasteiger partial charge is 0.316 e. The number of benzene rings is 2. The summed E-state index contributed by atoms with van der Waals surface area (Å²) in [7, 11) is 2.04. The van der Waals surface area contributed by atoms with E-state index in [-0.39, 0.29) is 0 Å². The highest BCUT2D eigenvalue weighted by atomic mass is 79.9. The quantitative estimate of drug-likeness (QED) is 0.759. The van der Waals surface area contributed by atoms with E-state index in [4.69, 9.17) is 0 Å². The molecule has 0 saturated heterocycles. The molecule has 0 radical (unpaired) electrons. The van der Waals surface area contributed by atoms with Crippen LogP contribution in [-0.2, 0) is 6.42 Å². The maximum Gasteiger partial charge on any atom is 0.0199 e. The molecule has 0 aliphatic carbocycles. The summed E-state index contributed by atoms with van der Waals surface area (Å²) >= 11 is 5.41. The first kappa shape index (κ1) is 15.6. The average molecular weight is 350 g/mol. The van der Waals surface area contributed by atoms with Gasteiger partial charge in [0.15, 0.2) is 0 Å². The Morgan fingerprint density at radius 3 is 2.45 bits per heavy atom. The SMILES string of the molecule is CNC(CSc1ccccc1C)Cc1ccc(Br)cc1. The summed E-state index contributed by atoms with van der Waals surface area (Å²) in [4.78, 5) is 1.38. The van der Waals surface area contributed by atoms with Gasteiger partial charge in [-0.05, 0) is 49.7 Å². The van der Waals surface area contributed by atoms with Crippen molar-refractivity contribution in [3.8, 4) is 0 Å². The number of nitrogens with one attached hydrogen (secondary N) is 1. The molecule has 1 nitrogen and oxygen atoms in total. The van der Waals surface area contributed by atoms with Crippen LogP contribution in [0.3, 0.4) is 0 Å². The highest BCUT2D eigenvalue weighted by Crippen LogP contribution is 2.23. The van der Waals surface area contributed by atoms with Crippen LogP contribution in [0, 0.1) is 6.92 Å². The van der Waals surface area contributed by atoms with Crippen molar-refractivity contribution >= 4 is 27.7 Å². The first-order chi connectivity index (χ1) is 9.69. The van der Waals surface area contributed by atoms with E-state index in [2.05, 4.69) is 76.7 Å². The molecule has 0 bridgehead atoms. The van der Waals surface area contributed by atoms with E-state index in [1.165, 1.54) is 16.0 Å². The average Bonchev–Trinajstić information content (AvgIpc) is 2.47. The van der Waals surface area contributed by atoms with Crippen molar-refractivity contribution < 1.29 is 0 Å². The standard InChI is InChI=1S/C17H20BrNS/c1-13-5-3-4-6-17(13)20-12-16(19-2)11-14-7-9-15(18)10-8-14/h3-10,16,19H,11-12H2,1-2H3. The Labute approximate surface area is 134 Å². The van der Waals surface area contributed by atoms with Gasteiger partial charge in [0.25, 0.3) is 0 Å². The van der Waals surface area contributed by atoms with Crippen molar-refractivity contribution in [3.63, 3.8) is 0 Å². The maximum atomic E-state index is 3.48. The van der Waals surface area contributed by atoms with Crippen LogP contribution in [0.1, 0.15) is 11.1 Å². The van der Waals surface area contributed by atoms with E-state index in [1.54, 1.807) is 0 Å². The van der Waals surface area contributed by atoms with Crippen molar-refractivity contribution in [2.45, 2.75) is 24.3 Å². The lowest BCUT2D eigenvalue weighted by molar-refractivity contribution is 0.617. The van der Waals surface area contributed by atoms with Gasteiger partial charge in [-0.15, -0.1) is 11.8 Å². The van der Waals surface area contributed by atoms with E-state index in [0.29, 0.717) is 6.04 Å². The number of rotatable bonds is 6. The highest BCUT2D eigenvalue weighted by molar-refractivity contribution is 9.10. The van der Waals surface area contributed by atoms with Gasteiger partial charge >= 0.3 is 0 Å². The van der Waals surface area contributed by atoms with Crippen LogP contribution in [0.15, 0.2) is 57.9 Å². The molecule has 2 rings (SSSR count). The summed E-state index contributed by atoms with van der Waals surface area (Å²) in [6.07, 6.45) is 1.06. The molecule has 1 unspecified atom stereocenters. The molecule has 0 aliphatic heterocycles. The number of halogens is 1. The van der Waals surface area contributed by atoms with E-state index in [1.807, 2.05) is 18.8 Å². The molecular weight excluding hydrogens is 330 g/mol. The minimum Gasteiger partial charge on any atom is -0.316 e. The van der Waals surface area contributed by atoms with Crippen LogP contribution >= 0.6 is 27.7 Å². The predicted octanol–water partition coefficient (Wildman–Crippen LogP) is 4.68. The Hall–Kier alpha value is -0.770. The maximum absolute atomic E-state index is 3.48. The Balaban J connectivity index is 1.92. The molecule has 0 fully saturated rings. The zero-order chi connectivity index (χ0) is 14.4. The van der Waals surface area contributed by atoms with Crippen molar-refractivity contribution in [2.24, 2.45) is 0 Å². The number of thioether (sulfide) groups is 1. The topological polar surface area (TPSA) is 12.0 Å². The molecular formula is C17H20BrNS. The number of aryl methyl sites for hydroxylation is 1. The molecule has 0 aliphatic rings. The summed E-state index contributed by atoms with van der Waals surface area (Å²) in [6, 6.07) is 17.7. The lowest BCUT2D eigenvalue weighted by Gasteiger charge is -2.16.